The summed E-state index contributed by atoms with van der Waals surface area (Å²) in [6.07, 6.45) is 1.68. The van der Waals surface area contributed by atoms with E-state index in [9.17, 15) is 4.39 Å². The van der Waals surface area contributed by atoms with Gasteiger partial charge in [-0.05, 0) is 38.5 Å². The molecule has 0 fully saturated rings. The number of rotatable bonds is 5. The number of aryl methyl sites for hydroxylation is 1. The van der Waals surface area contributed by atoms with Gasteiger partial charge in [-0.2, -0.15) is 0 Å². The lowest BCUT2D eigenvalue weighted by molar-refractivity contribution is 0.327. The maximum atomic E-state index is 13.1. The Bertz CT molecular complexity index is 852. The first kappa shape index (κ1) is 16.1. The molecule has 0 spiro atoms. The Morgan fingerprint density at radius 1 is 1.21 bits per heavy atom. The number of pyridine rings is 1. The Labute approximate surface area is 139 Å². The summed E-state index contributed by atoms with van der Waals surface area (Å²) in [5.41, 5.74) is 1.72. The number of fused-ring (bicyclic) bond motifs is 1. The second-order valence-corrected chi connectivity index (χ2v) is 5.51. The van der Waals surface area contributed by atoms with E-state index in [0.717, 1.165) is 16.5 Å². The largest absolute Gasteiger partial charge is 0.478 e. The highest BCUT2D eigenvalue weighted by molar-refractivity contribution is 5.89. The number of nitrogens with zero attached hydrogens (tertiary/aromatic N) is 3. The van der Waals surface area contributed by atoms with Crippen LogP contribution in [0.15, 0.2) is 36.5 Å². The van der Waals surface area contributed by atoms with Gasteiger partial charge in [0.2, 0.25) is 5.88 Å². The van der Waals surface area contributed by atoms with Gasteiger partial charge in [0, 0.05) is 17.5 Å². The minimum atomic E-state index is -0.248. The number of hydrogen-bond acceptors (Lipinski definition) is 5. The van der Waals surface area contributed by atoms with Crippen LogP contribution in [0.1, 0.15) is 31.3 Å². The highest BCUT2D eigenvalue weighted by Gasteiger charge is 2.12. The standard InChI is InChI=1S/C18H19FN4O/c1-4-24-17-9-15-16(10-20-17)22-12(3)23-18(15)21-11(2)13-5-7-14(19)8-6-13/h5-11H,4H2,1-3H3,(H,21,22,23). The van der Waals surface area contributed by atoms with Crippen LogP contribution in [0.5, 0.6) is 5.88 Å². The molecule has 1 atom stereocenters. The van der Waals surface area contributed by atoms with Gasteiger partial charge in [0.05, 0.1) is 18.3 Å². The van der Waals surface area contributed by atoms with Gasteiger partial charge in [-0.25, -0.2) is 19.3 Å². The molecule has 0 saturated heterocycles. The zero-order valence-corrected chi connectivity index (χ0v) is 13.9. The fraction of sp³-hybridized carbons (Fsp3) is 0.278. The third-order valence-corrected chi connectivity index (χ3v) is 3.68. The molecule has 2 heterocycles. The van der Waals surface area contributed by atoms with E-state index >= 15 is 0 Å². The maximum Gasteiger partial charge on any atom is 0.214 e. The number of nitrogens with one attached hydrogen (secondary N) is 1. The van der Waals surface area contributed by atoms with E-state index in [-0.39, 0.29) is 11.9 Å². The average Bonchev–Trinajstić information content (AvgIpc) is 2.56. The zero-order chi connectivity index (χ0) is 17.1. The lowest BCUT2D eigenvalue weighted by Gasteiger charge is -2.17. The Morgan fingerprint density at radius 2 is 1.96 bits per heavy atom. The summed E-state index contributed by atoms with van der Waals surface area (Å²) in [6, 6.07) is 8.22. The summed E-state index contributed by atoms with van der Waals surface area (Å²) in [5, 5.41) is 4.21. The summed E-state index contributed by atoms with van der Waals surface area (Å²) in [7, 11) is 0. The number of aromatic nitrogens is 3. The third kappa shape index (κ3) is 3.42. The molecule has 3 rings (SSSR count). The number of halogens is 1. The third-order valence-electron chi connectivity index (χ3n) is 3.68. The second-order valence-electron chi connectivity index (χ2n) is 5.51. The van der Waals surface area contributed by atoms with Crippen molar-refractivity contribution in [2.75, 3.05) is 11.9 Å². The average molecular weight is 326 g/mol. The molecule has 0 amide bonds. The van der Waals surface area contributed by atoms with E-state index in [1.165, 1.54) is 12.1 Å². The van der Waals surface area contributed by atoms with Crippen molar-refractivity contribution >= 4 is 16.7 Å². The van der Waals surface area contributed by atoms with Crippen molar-refractivity contribution in [1.29, 1.82) is 0 Å². The first-order valence-corrected chi connectivity index (χ1v) is 7.86. The Hall–Kier alpha value is -2.76. The molecular formula is C18H19FN4O. The summed E-state index contributed by atoms with van der Waals surface area (Å²) in [6.45, 7) is 6.29. The SMILES string of the molecule is CCOc1cc2c(NC(C)c3ccc(F)cc3)nc(C)nc2cn1. The van der Waals surface area contributed by atoms with E-state index in [1.807, 2.05) is 26.8 Å². The van der Waals surface area contributed by atoms with Crippen LogP contribution in [-0.4, -0.2) is 21.6 Å². The molecule has 6 heteroatoms. The minimum absolute atomic E-state index is 0.0354. The molecule has 0 aliphatic heterocycles. The Kier molecular flexibility index (Phi) is 4.55. The van der Waals surface area contributed by atoms with Gasteiger partial charge in [0.1, 0.15) is 17.5 Å². The molecular weight excluding hydrogens is 307 g/mol. The van der Waals surface area contributed by atoms with Crippen LogP contribution in [0, 0.1) is 12.7 Å². The fourth-order valence-electron chi connectivity index (χ4n) is 2.51. The first-order valence-electron chi connectivity index (χ1n) is 7.86. The van der Waals surface area contributed by atoms with Crippen LogP contribution in [0.3, 0.4) is 0 Å². The molecule has 2 aromatic heterocycles. The van der Waals surface area contributed by atoms with Crippen LogP contribution < -0.4 is 10.1 Å². The molecule has 124 valence electrons. The zero-order valence-electron chi connectivity index (χ0n) is 13.9. The van der Waals surface area contributed by atoms with Crippen molar-refractivity contribution in [2.45, 2.75) is 26.8 Å². The molecule has 5 nitrogen and oxygen atoms in total. The lowest BCUT2D eigenvalue weighted by atomic mass is 10.1. The summed E-state index contributed by atoms with van der Waals surface area (Å²) < 4.78 is 18.6. The number of hydrogen-bond donors (Lipinski definition) is 1. The van der Waals surface area contributed by atoms with Gasteiger partial charge < -0.3 is 10.1 Å². The molecule has 0 saturated carbocycles. The summed E-state index contributed by atoms with van der Waals surface area (Å²) >= 11 is 0. The van der Waals surface area contributed by atoms with Crippen LogP contribution in [-0.2, 0) is 0 Å². The van der Waals surface area contributed by atoms with Crippen LogP contribution in [0.2, 0.25) is 0 Å². The molecule has 0 radical (unpaired) electrons. The van der Waals surface area contributed by atoms with Gasteiger partial charge in [-0.3, -0.25) is 0 Å². The summed E-state index contributed by atoms with van der Waals surface area (Å²) in [4.78, 5) is 13.2. The smallest absolute Gasteiger partial charge is 0.214 e. The van der Waals surface area contributed by atoms with E-state index in [2.05, 4.69) is 20.3 Å². The lowest BCUT2D eigenvalue weighted by Crippen LogP contribution is -2.10. The predicted molar refractivity (Wildman–Crippen MR) is 91.7 cm³/mol. The number of ether oxygens (including phenoxy) is 1. The quantitative estimate of drug-likeness (QED) is 0.766. The van der Waals surface area contributed by atoms with Crippen molar-refractivity contribution in [1.82, 2.24) is 15.0 Å². The van der Waals surface area contributed by atoms with Gasteiger partial charge in [-0.15, -0.1) is 0 Å². The van der Waals surface area contributed by atoms with Crippen molar-refractivity contribution in [3.05, 3.63) is 53.7 Å². The summed E-state index contributed by atoms with van der Waals surface area (Å²) in [5.74, 6) is 1.65. The van der Waals surface area contributed by atoms with Gasteiger partial charge in [0.25, 0.3) is 0 Å². The number of benzene rings is 1. The van der Waals surface area contributed by atoms with Crippen LogP contribution in [0.25, 0.3) is 10.9 Å². The highest BCUT2D eigenvalue weighted by atomic mass is 19.1. The van der Waals surface area contributed by atoms with E-state index in [4.69, 9.17) is 4.74 Å². The van der Waals surface area contributed by atoms with Crippen molar-refractivity contribution < 1.29 is 9.13 Å². The van der Waals surface area contributed by atoms with Gasteiger partial charge >= 0.3 is 0 Å². The number of anilines is 1. The first-order chi connectivity index (χ1) is 11.6. The highest BCUT2D eigenvalue weighted by Crippen LogP contribution is 2.26. The van der Waals surface area contributed by atoms with Crippen LogP contribution in [0.4, 0.5) is 10.2 Å². The van der Waals surface area contributed by atoms with E-state index in [0.29, 0.717) is 24.1 Å². The van der Waals surface area contributed by atoms with Crippen LogP contribution >= 0.6 is 0 Å². The molecule has 0 aliphatic carbocycles. The van der Waals surface area contributed by atoms with Crippen molar-refractivity contribution in [2.24, 2.45) is 0 Å². The van der Waals surface area contributed by atoms with Crippen molar-refractivity contribution in [3.63, 3.8) is 0 Å². The normalized spacial score (nSPS) is 12.2. The fourth-order valence-corrected chi connectivity index (χ4v) is 2.51. The molecule has 3 aromatic rings. The second kappa shape index (κ2) is 6.78. The predicted octanol–water partition coefficient (Wildman–Crippen LogP) is 4.04. The van der Waals surface area contributed by atoms with E-state index in [1.54, 1.807) is 18.3 Å². The topological polar surface area (TPSA) is 59.9 Å². The Morgan fingerprint density at radius 3 is 2.67 bits per heavy atom. The van der Waals surface area contributed by atoms with Gasteiger partial charge in [0.15, 0.2) is 0 Å². The van der Waals surface area contributed by atoms with Gasteiger partial charge in [-0.1, -0.05) is 12.1 Å². The maximum absolute atomic E-state index is 13.1. The van der Waals surface area contributed by atoms with E-state index < -0.39 is 0 Å². The molecule has 24 heavy (non-hydrogen) atoms. The molecule has 0 bridgehead atoms. The minimum Gasteiger partial charge on any atom is -0.478 e. The molecule has 1 unspecified atom stereocenters. The molecule has 1 N–H and O–H groups in total. The monoisotopic (exact) mass is 326 g/mol. The molecule has 0 aliphatic rings. The van der Waals surface area contributed by atoms with Crippen molar-refractivity contribution in [3.8, 4) is 5.88 Å². The Balaban J connectivity index is 1.97. The molecule has 1 aromatic carbocycles.